The average Bonchev–Trinajstić information content (AvgIpc) is 2.73. The zero-order valence-electron chi connectivity index (χ0n) is 15.4. The molecule has 2 N–H and O–H groups in total. The van der Waals surface area contributed by atoms with E-state index in [0.717, 1.165) is 12.1 Å². The average molecular weight is 433 g/mol. The summed E-state index contributed by atoms with van der Waals surface area (Å²) in [6, 6.07) is 18.5. The summed E-state index contributed by atoms with van der Waals surface area (Å²) in [6.07, 6.45) is -5.83. The van der Waals surface area contributed by atoms with Crippen molar-refractivity contribution in [3.05, 3.63) is 101 Å². The molecule has 0 fully saturated rings. The molecule has 1 amide bonds. The Bertz CT molecular complexity index is 1040. The first kappa shape index (κ1) is 21.4. The summed E-state index contributed by atoms with van der Waals surface area (Å²) in [4.78, 5) is 25.5. The molecule has 3 aromatic rings. The van der Waals surface area contributed by atoms with Crippen LogP contribution < -0.4 is 10.6 Å². The van der Waals surface area contributed by atoms with Gasteiger partial charge in [0.15, 0.2) is 6.17 Å². The molecule has 0 aliphatic carbocycles. The number of anilines is 1. The van der Waals surface area contributed by atoms with Crippen LogP contribution in [0, 0.1) is 0 Å². The van der Waals surface area contributed by atoms with Gasteiger partial charge in [-0.2, -0.15) is 13.2 Å². The first-order valence-electron chi connectivity index (χ1n) is 8.83. The van der Waals surface area contributed by atoms with Crippen LogP contribution in [0.1, 0.15) is 26.3 Å². The number of halogens is 4. The third kappa shape index (κ3) is 5.39. The predicted molar refractivity (Wildman–Crippen MR) is 109 cm³/mol. The summed E-state index contributed by atoms with van der Waals surface area (Å²) < 4.78 is 39.1. The smallest absolute Gasteiger partial charge is 0.359 e. The lowest BCUT2D eigenvalue weighted by atomic mass is 10.1. The van der Waals surface area contributed by atoms with Crippen LogP contribution in [0.25, 0.3) is 0 Å². The van der Waals surface area contributed by atoms with E-state index in [1.165, 1.54) is 36.4 Å². The molecule has 30 heavy (non-hydrogen) atoms. The molecule has 0 saturated carbocycles. The minimum atomic E-state index is -4.54. The van der Waals surface area contributed by atoms with Crippen LogP contribution in [0.5, 0.6) is 0 Å². The molecule has 1 atom stereocenters. The Morgan fingerprint density at radius 1 is 0.833 bits per heavy atom. The highest BCUT2D eigenvalue weighted by Crippen LogP contribution is 2.30. The van der Waals surface area contributed by atoms with Gasteiger partial charge < -0.3 is 10.6 Å². The lowest BCUT2D eigenvalue weighted by Gasteiger charge is -2.21. The molecular weight excluding hydrogens is 417 g/mol. The second kappa shape index (κ2) is 9.00. The van der Waals surface area contributed by atoms with Crippen molar-refractivity contribution in [3.63, 3.8) is 0 Å². The Morgan fingerprint density at radius 2 is 1.50 bits per heavy atom. The predicted octanol–water partition coefficient (Wildman–Crippen LogP) is 5.41. The van der Waals surface area contributed by atoms with Gasteiger partial charge in [-0.1, -0.05) is 48.0 Å². The lowest BCUT2D eigenvalue weighted by Crippen LogP contribution is -2.46. The van der Waals surface area contributed by atoms with Crippen molar-refractivity contribution < 1.29 is 22.8 Å². The Morgan fingerprint density at radius 3 is 2.13 bits per heavy atom. The van der Waals surface area contributed by atoms with Gasteiger partial charge in [-0.25, -0.2) is 0 Å². The summed E-state index contributed by atoms with van der Waals surface area (Å²) in [5, 5.41) is 5.66. The number of amides is 1. The minimum Gasteiger partial charge on any atom is -0.359 e. The fraction of sp³-hybridized carbons (Fsp3) is 0.0909. The summed E-state index contributed by atoms with van der Waals surface area (Å²) in [5.41, 5.74) is -0.299. The Balaban J connectivity index is 1.89. The number of ketones is 1. The van der Waals surface area contributed by atoms with E-state index in [4.69, 9.17) is 11.6 Å². The molecular formula is C22H16ClF3N2O2. The fourth-order valence-electron chi connectivity index (χ4n) is 2.70. The normalized spacial score (nSPS) is 12.1. The van der Waals surface area contributed by atoms with Gasteiger partial charge in [0.2, 0.25) is 5.78 Å². The first-order valence-corrected chi connectivity index (χ1v) is 9.21. The molecule has 0 aliphatic heterocycles. The number of carbonyl (C=O) groups is 2. The van der Waals surface area contributed by atoms with Crippen molar-refractivity contribution in [2.24, 2.45) is 0 Å². The lowest BCUT2D eigenvalue weighted by molar-refractivity contribution is -0.137. The maximum Gasteiger partial charge on any atom is 0.416 e. The third-order valence-corrected chi connectivity index (χ3v) is 4.46. The highest BCUT2D eigenvalue weighted by atomic mass is 35.5. The molecule has 0 saturated heterocycles. The van der Waals surface area contributed by atoms with Gasteiger partial charge in [-0.3, -0.25) is 9.59 Å². The molecule has 0 spiro atoms. The van der Waals surface area contributed by atoms with E-state index in [0.29, 0.717) is 10.6 Å². The zero-order chi connectivity index (χ0) is 21.7. The van der Waals surface area contributed by atoms with Gasteiger partial charge in [-0.05, 0) is 42.5 Å². The maximum atomic E-state index is 13.0. The Kier molecular flexibility index (Phi) is 6.42. The second-order valence-electron chi connectivity index (χ2n) is 6.37. The zero-order valence-corrected chi connectivity index (χ0v) is 16.2. The summed E-state index contributed by atoms with van der Waals surface area (Å²) in [7, 11) is 0. The number of rotatable bonds is 6. The van der Waals surface area contributed by atoms with Gasteiger partial charge in [0, 0.05) is 21.8 Å². The largest absolute Gasteiger partial charge is 0.416 e. The van der Waals surface area contributed by atoms with E-state index in [1.54, 1.807) is 30.3 Å². The van der Waals surface area contributed by atoms with Gasteiger partial charge in [0.1, 0.15) is 0 Å². The number of benzene rings is 3. The summed E-state index contributed by atoms with van der Waals surface area (Å²) in [6.45, 7) is 0. The fourth-order valence-corrected chi connectivity index (χ4v) is 2.83. The number of nitrogens with one attached hydrogen (secondary N) is 2. The van der Waals surface area contributed by atoms with E-state index in [-0.39, 0.29) is 11.3 Å². The van der Waals surface area contributed by atoms with Crippen LogP contribution in [0.15, 0.2) is 78.9 Å². The topological polar surface area (TPSA) is 58.2 Å². The molecule has 0 aromatic heterocycles. The van der Waals surface area contributed by atoms with Crippen molar-refractivity contribution in [2.45, 2.75) is 12.3 Å². The van der Waals surface area contributed by atoms with Crippen LogP contribution >= 0.6 is 11.6 Å². The Hall–Kier alpha value is -3.32. The highest BCUT2D eigenvalue weighted by molar-refractivity contribution is 6.30. The molecule has 3 aromatic carbocycles. The van der Waals surface area contributed by atoms with E-state index in [9.17, 15) is 22.8 Å². The number of alkyl halides is 3. The van der Waals surface area contributed by atoms with E-state index in [1.807, 2.05) is 0 Å². The number of hydrogen-bond donors (Lipinski definition) is 2. The molecule has 4 nitrogen and oxygen atoms in total. The van der Waals surface area contributed by atoms with Crippen molar-refractivity contribution in [2.75, 3.05) is 5.32 Å². The van der Waals surface area contributed by atoms with Crippen LogP contribution in [0.3, 0.4) is 0 Å². The van der Waals surface area contributed by atoms with Crippen LogP contribution in [0.4, 0.5) is 18.9 Å². The first-order chi connectivity index (χ1) is 14.2. The van der Waals surface area contributed by atoms with Crippen molar-refractivity contribution in [1.29, 1.82) is 0 Å². The van der Waals surface area contributed by atoms with Gasteiger partial charge in [-0.15, -0.1) is 0 Å². The SMILES string of the molecule is O=C(N[C@H](Nc1cccc(C(F)(F)F)c1)C(=O)c1ccccc1)c1ccc(Cl)cc1. The van der Waals surface area contributed by atoms with Crippen LogP contribution in [0.2, 0.25) is 5.02 Å². The van der Waals surface area contributed by atoms with Crippen molar-refractivity contribution in [3.8, 4) is 0 Å². The monoisotopic (exact) mass is 432 g/mol. The van der Waals surface area contributed by atoms with Crippen LogP contribution in [-0.2, 0) is 6.18 Å². The molecule has 0 aliphatic rings. The summed E-state index contributed by atoms with van der Waals surface area (Å²) in [5.74, 6) is -1.09. The van der Waals surface area contributed by atoms with E-state index in [2.05, 4.69) is 10.6 Å². The van der Waals surface area contributed by atoms with Crippen LogP contribution in [-0.4, -0.2) is 17.9 Å². The molecule has 8 heteroatoms. The number of Topliss-reactive ketones (excluding diaryl/α,β-unsaturated/α-hetero) is 1. The summed E-state index contributed by atoms with van der Waals surface area (Å²) >= 11 is 5.82. The quantitative estimate of drug-likeness (QED) is 0.404. The van der Waals surface area contributed by atoms with E-state index >= 15 is 0 Å². The molecule has 3 rings (SSSR count). The standard InChI is InChI=1S/C22H16ClF3N2O2/c23-17-11-9-15(10-12-17)21(30)28-20(19(29)14-5-2-1-3-6-14)27-18-8-4-7-16(13-18)22(24,25)26/h1-13,20,27H,(H,28,30)/t20-/m0/s1. The molecule has 0 heterocycles. The van der Waals surface area contributed by atoms with Crippen molar-refractivity contribution >= 4 is 29.0 Å². The van der Waals surface area contributed by atoms with Gasteiger partial charge in [0.25, 0.3) is 5.91 Å². The molecule has 0 bridgehead atoms. The van der Waals surface area contributed by atoms with E-state index < -0.39 is 29.6 Å². The van der Waals surface area contributed by atoms with Gasteiger partial charge >= 0.3 is 6.18 Å². The molecule has 0 unspecified atom stereocenters. The van der Waals surface area contributed by atoms with Crippen molar-refractivity contribution in [1.82, 2.24) is 5.32 Å². The second-order valence-corrected chi connectivity index (χ2v) is 6.80. The third-order valence-electron chi connectivity index (χ3n) is 4.20. The number of hydrogen-bond acceptors (Lipinski definition) is 3. The number of carbonyl (C=O) groups excluding carboxylic acids is 2. The molecule has 0 radical (unpaired) electrons. The minimum absolute atomic E-state index is 0.0375. The Labute approximate surface area is 175 Å². The van der Waals surface area contributed by atoms with Gasteiger partial charge in [0.05, 0.1) is 5.56 Å². The molecule has 154 valence electrons. The maximum absolute atomic E-state index is 13.0. The highest BCUT2D eigenvalue weighted by Gasteiger charge is 2.31.